The second kappa shape index (κ2) is 9.30. The van der Waals surface area contributed by atoms with Crippen LogP contribution in [-0.2, 0) is 4.79 Å². The predicted molar refractivity (Wildman–Crippen MR) is 105 cm³/mol. The highest BCUT2D eigenvalue weighted by molar-refractivity contribution is 5.99. The quantitative estimate of drug-likeness (QED) is 0.737. The van der Waals surface area contributed by atoms with Crippen molar-refractivity contribution < 1.29 is 9.59 Å². The molecule has 138 valence electrons. The van der Waals surface area contributed by atoms with Crippen molar-refractivity contribution in [3.05, 3.63) is 70.8 Å². The van der Waals surface area contributed by atoms with Crippen LogP contribution in [0.4, 0.5) is 0 Å². The number of aryl methyl sites for hydroxylation is 2. The molecule has 0 heterocycles. The minimum absolute atomic E-state index is 0.0187. The van der Waals surface area contributed by atoms with Crippen molar-refractivity contribution in [3.8, 4) is 0 Å². The molecule has 0 aliphatic rings. The van der Waals surface area contributed by atoms with E-state index in [0.29, 0.717) is 12.1 Å². The molecule has 1 unspecified atom stereocenters. The Morgan fingerprint density at radius 1 is 1.00 bits per heavy atom. The van der Waals surface area contributed by atoms with Crippen LogP contribution in [0, 0.1) is 13.8 Å². The Balaban J connectivity index is 1.97. The van der Waals surface area contributed by atoms with E-state index >= 15 is 0 Å². The van der Waals surface area contributed by atoms with Gasteiger partial charge in [0, 0.05) is 24.9 Å². The number of amides is 1. The molecule has 2 aromatic carbocycles. The molecule has 0 radical (unpaired) electrons. The molecule has 0 fully saturated rings. The summed E-state index contributed by atoms with van der Waals surface area (Å²) in [7, 11) is 3.96. The standard InChI is InChI=1S/C22H28N2O2/c1-16-10-11-17(2)19(14-16)21(25)12-13-22(26)23-20(15-24(3)4)18-8-6-5-7-9-18/h5-11,14,20H,12-13,15H2,1-4H3,(H,23,26). The highest BCUT2D eigenvalue weighted by Gasteiger charge is 2.17. The fourth-order valence-corrected chi connectivity index (χ4v) is 2.95. The van der Waals surface area contributed by atoms with Gasteiger partial charge in [0.15, 0.2) is 5.78 Å². The van der Waals surface area contributed by atoms with Gasteiger partial charge in [0.1, 0.15) is 0 Å². The van der Waals surface area contributed by atoms with Gasteiger partial charge in [-0.1, -0.05) is 48.0 Å². The predicted octanol–water partition coefficient (Wildman–Crippen LogP) is 3.69. The number of carbonyl (C=O) groups is 2. The van der Waals surface area contributed by atoms with Crippen molar-refractivity contribution in [3.63, 3.8) is 0 Å². The highest BCUT2D eigenvalue weighted by atomic mass is 16.2. The lowest BCUT2D eigenvalue weighted by Crippen LogP contribution is -2.35. The number of nitrogens with one attached hydrogen (secondary N) is 1. The van der Waals surface area contributed by atoms with Crippen molar-refractivity contribution in [2.45, 2.75) is 32.7 Å². The van der Waals surface area contributed by atoms with Gasteiger partial charge >= 0.3 is 0 Å². The van der Waals surface area contributed by atoms with Crippen LogP contribution in [0.1, 0.15) is 45.9 Å². The average molecular weight is 352 g/mol. The number of hydrogen-bond donors (Lipinski definition) is 1. The van der Waals surface area contributed by atoms with Gasteiger partial charge in [-0.2, -0.15) is 0 Å². The van der Waals surface area contributed by atoms with Gasteiger partial charge in [0.2, 0.25) is 5.91 Å². The molecule has 2 aromatic rings. The Bertz CT molecular complexity index is 754. The zero-order chi connectivity index (χ0) is 19.1. The molecule has 0 aromatic heterocycles. The van der Waals surface area contributed by atoms with Crippen LogP contribution >= 0.6 is 0 Å². The summed E-state index contributed by atoms with van der Waals surface area (Å²) in [4.78, 5) is 26.9. The van der Waals surface area contributed by atoms with Crippen LogP contribution in [0.15, 0.2) is 48.5 Å². The third-order valence-corrected chi connectivity index (χ3v) is 4.36. The molecular weight excluding hydrogens is 324 g/mol. The van der Waals surface area contributed by atoms with Gasteiger partial charge in [-0.15, -0.1) is 0 Å². The monoisotopic (exact) mass is 352 g/mol. The Kier molecular flexibility index (Phi) is 7.10. The molecule has 0 aliphatic carbocycles. The first-order valence-corrected chi connectivity index (χ1v) is 8.96. The fraction of sp³-hybridized carbons (Fsp3) is 0.364. The number of ketones is 1. The third kappa shape index (κ3) is 5.81. The van der Waals surface area contributed by atoms with Gasteiger partial charge in [0.25, 0.3) is 0 Å². The van der Waals surface area contributed by atoms with E-state index in [9.17, 15) is 9.59 Å². The van der Waals surface area contributed by atoms with Gasteiger partial charge in [-0.05, 0) is 45.1 Å². The molecule has 2 rings (SSSR count). The summed E-state index contributed by atoms with van der Waals surface area (Å²) in [5, 5.41) is 3.06. The molecule has 1 atom stereocenters. The van der Waals surface area contributed by atoms with Crippen molar-refractivity contribution in [1.82, 2.24) is 10.2 Å². The topological polar surface area (TPSA) is 49.4 Å². The summed E-state index contributed by atoms with van der Waals surface area (Å²) >= 11 is 0. The van der Waals surface area contributed by atoms with E-state index < -0.39 is 0 Å². The Hall–Kier alpha value is -2.46. The summed E-state index contributed by atoms with van der Waals surface area (Å²) in [6.07, 6.45) is 0.419. The van der Waals surface area contributed by atoms with E-state index in [1.165, 1.54) is 0 Å². The maximum absolute atomic E-state index is 12.5. The molecule has 4 heteroatoms. The van der Waals surface area contributed by atoms with Gasteiger partial charge in [0.05, 0.1) is 6.04 Å². The van der Waals surface area contributed by atoms with Gasteiger partial charge in [-0.25, -0.2) is 0 Å². The van der Waals surface area contributed by atoms with E-state index in [2.05, 4.69) is 5.32 Å². The number of benzene rings is 2. The lowest BCUT2D eigenvalue weighted by Gasteiger charge is -2.23. The summed E-state index contributed by atoms with van der Waals surface area (Å²) < 4.78 is 0. The molecule has 0 saturated heterocycles. The average Bonchev–Trinajstić information content (AvgIpc) is 2.61. The van der Waals surface area contributed by atoms with Crippen molar-refractivity contribution in [1.29, 1.82) is 0 Å². The maximum Gasteiger partial charge on any atom is 0.220 e. The van der Waals surface area contributed by atoms with Crippen LogP contribution in [0.2, 0.25) is 0 Å². The Morgan fingerprint density at radius 2 is 1.69 bits per heavy atom. The largest absolute Gasteiger partial charge is 0.348 e. The second-order valence-electron chi connectivity index (χ2n) is 7.03. The molecule has 1 amide bonds. The zero-order valence-corrected chi connectivity index (χ0v) is 16.1. The van der Waals surface area contributed by atoms with Crippen LogP contribution in [-0.4, -0.2) is 37.2 Å². The van der Waals surface area contributed by atoms with Crippen molar-refractivity contribution >= 4 is 11.7 Å². The van der Waals surface area contributed by atoms with Crippen LogP contribution in [0.3, 0.4) is 0 Å². The van der Waals surface area contributed by atoms with E-state index in [0.717, 1.165) is 16.7 Å². The number of likely N-dealkylation sites (N-methyl/N-ethyl adjacent to an activating group) is 1. The van der Waals surface area contributed by atoms with E-state index in [1.54, 1.807) is 0 Å². The molecule has 1 N–H and O–H groups in total. The van der Waals surface area contributed by atoms with E-state index in [4.69, 9.17) is 0 Å². The van der Waals surface area contributed by atoms with Crippen LogP contribution in [0.5, 0.6) is 0 Å². The number of rotatable bonds is 8. The second-order valence-corrected chi connectivity index (χ2v) is 7.03. The lowest BCUT2D eigenvalue weighted by molar-refractivity contribution is -0.121. The smallest absolute Gasteiger partial charge is 0.220 e. The zero-order valence-electron chi connectivity index (χ0n) is 16.1. The van der Waals surface area contributed by atoms with Gasteiger partial charge in [-0.3, -0.25) is 9.59 Å². The number of nitrogens with zero attached hydrogens (tertiary/aromatic N) is 1. The van der Waals surface area contributed by atoms with Crippen LogP contribution < -0.4 is 5.32 Å². The molecular formula is C22H28N2O2. The highest BCUT2D eigenvalue weighted by Crippen LogP contribution is 2.16. The SMILES string of the molecule is Cc1ccc(C)c(C(=O)CCC(=O)NC(CN(C)C)c2ccccc2)c1. The van der Waals surface area contributed by atoms with E-state index in [-0.39, 0.29) is 30.6 Å². The van der Waals surface area contributed by atoms with Crippen LogP contribution in [0.25, 0.3) is 0 Å². The minimum atomic E-state index is -0.0978. The molecule has 0 bridgehead atoms. The normalized spacial score (nSPS) is 12.0. The molecule has 0 spiro atoms. The first-order valence-electron chi connectivity index (χ1n) is 8.96. The first-order chi connectivity index (χ1) is 12.4. The molecule has 0 saturated carbocycles. The third-order valence-electron chi connectivity index (χ3n) is 4.36. The molecule has 4 nitrogen and oxygen atoms in total. The summed E-state index contributed by atoms with van der Waals surface area (Å²) in [5.74, 6) is -0.0791. The summed E-state index contributed by atoms with van der Waals surface area (Å²) in [5.41, 5.74) is 3.79. The fourth-order valence-electron chi connectivity index (χ4n) is 2.95. The first kappa shape index (κ1) is 19.9. The van der Waals surface area contributed by atoms with Crippen molar-refractivity contribution in [2.24, 2.45) is 0 Å². The Morgan fingerprint density at radius 3 is 2.35 bits per heavy atom. The van der Waals surface area contributed by atoms with Gasteiger partial charge < -0.3 is 10.2 Å². The number of carbonyl (C=O) groups excluding carboxylic acids is 2. The number of hydrogen-bond acceptors (Lipinski definition) is 3. The van der Waals surface area contributed by atoms with Crippen molar-refractivity contribution in [2.75, 3.05) is 20.6 Å². The summed E-state index contributed by atoms with van der Waals surface area (Å²) in [6, 6.07) is 15.7. The number of Topliss-reactive ketones (excluding diaryl/α,β-unsaturated/α-hetero) is 1. The summed E-state index contributed by atoms with van der Waals surface area (Å²) in [6.45, 7) is 4.60. The van der Waals surface area contributed by atoms with E-state index in [1.807, 2.05) is 81.4 Å². The molecule has 0 aliphatic heterocycles. The Labute approximate surface area is 156 Å². The lowest BCUT2D eigenvalue weighted by atomic mass is 9.99. The maximum atomic E-state index is 12.5. The minimum Gasteiger partial charge on any atom is -0.348 e. The molecule has 26 heavy (non-hydrogen) atoms.